The van der Waals surface area contributed by atoms with E-state index >= 15 is 0 Å². The Morgan fingerprint density at radius 3 is 2.50 bits per heavy atom. The van der Waals surface area contributed by atoms with Crippen molar-refractivity contribution in [2.75, 3.05) is 5.75 Å². The third-order valence-corrected chi connectivity index (χ3v) is 3.82. The Hall–Kier alpha value is -1.29. The second-order valence-electron chi connectivity index (χ2n) is 4.43. The van der Waals surface area contributed by atoms with Crippen LogP contribution in [0.15, 0.2) is 29.2 Å². The molecule has 0 unspecified atom stereocenters. The quantitative estimate of drug-likeness (QED) is 0.634. The van der Waals surface area contributed by atoms with E-state index in [-0.39, 0.29) is 11.7 Å². The summed E-state index contributed by atoms with van der Waals surface area (Å²) in [5.74, 6) is 0.687. The van der Waals surface area contributed by atoms with Crippen LogP contribution < -0.4 is 5.32 Å². The van der Waals surface area contributed by atoms with E-state index < -0.39 is 0 Å². The highest BCUT2D eigenvalue weighted by Gasteiger charge is 2.22. The van der Waals surface area contributed by atoms with Crippen molar-refractivity contribution >= 4 is 23.5 Å². The smallest absolute Gasteiger partial charge is 0.230 e. The van der Waals surface area contributed by atoms with E-state index in [0.717, 1.165) is 23.3 Å². The summed E-state index contributed by atoms with van der Waals surface area (Å²) in [5, 5.41) is 2.95. The number of benzene rings is 1. The fraction of sp³-hybridized carbons (Fsp3) is 0.429. The Bertz CT molecular complexity index is 438. The summed E-state index contributed by atoms with van der Waals surface area (Å²) < 4.78 is 0. The zero-order valence-corrected chi connectivity index (χ0v) is 11.3. The maximum absolute atomic E-state index is 11.5. The normalized spacial score (nSPS) is 14.3. The van der Waals surface area contributed by atoms with E-state index in [9.17, 15) is 9.59 Å². The standard InChI is InChI=1S/C14H17NO2S/c1-2-13(16)10-3-7-12(8-4-10)18-9-14(17)15-11-5-6-11/h3-4,7-8,11H,2,5-6,9H2,1H3,(H,15,17). The minimum absolute atomic E-state index is 0.0937. The summed E-state index contributed by atoms with van der Waals surface area (Å²) in [5.41, 5.74) is 0.740. The highest BCUT2D eigenvalue weighted by molar-refractivity contribution is 8.00. The second-order valence-corrected chi connectivity index (χ2v) is 5.48. The average Bonchev–Trinajstić information content (AvgIpc) is 3.20. The van der Waals surface area contributed by atoms with Gasteiger partial charge in [-0.1, -0.05) is 19.1 Å². The molecule has 18 heavy (non-hydrogen) atoms. The SMILES string of the molecule is CCC(=O)c1ccc(SCC(=O)NC2CC2)cc1. The molecule has 3 nitrogen and oxygen atoms in total. The van der Waals surface area contributed by atoms with Gasteiger partial charge in [-0.2, -0.15) is 0 Å². The first-order chi connectivity index (χ1) is 8.69. The van der Waals surface area contributed by atoms with Gasteiger partial charge < -0.3 is 5.32 Å². The Labute approximate surface area is 111 Å². The number of nitrogens with one attached hydrogen (secondary N) is 1. The first-order valence-corrected chi connectivity index (χ1v) is 7.23. The zero-order chi connectivity index (χ0) is 13.0. The first-order valence-electron chi connectivity index (χ1n) is 6.24. The van der Waals surface area contributed by atoms with Crippen molar-refractivity contribution in [3.63, 3.8) is 0 Å². The van der Waals surface area contributed by atoms with Gasteiger partial charge in [-0.3, -0.25) is 9.59 Å². The molecule has 0 aliphatic heterocycles. The molecule has 0 atom stereocenters. The van der Waals surface area contributed by atoms with E-state index in [1.807, 2.05) is 31.2 Å². The largest absolute Gasteiger partial charge is 0.353 e. The van der Waals surface area contributed by atoms with Gasteiger partial charge >= 0.3 is 0 Å². The maximum Gasteiger partial charge on any atom is 0.230 e. The van der Waals surface area contributed by atoms with Gasteiger partial charge in [-0.15, -0.1) is 11.8 Å². The molecule has 0 spiro atoms. The molecule has 4 heteroatoms. The third kappa shape index (κ3) is 3.88. The molecular weight excluding hydrogens is 246 g/mol. The molecule has 1 aliphatic rings. The van der Waals surface area contributed by atoms with Crippen LogP contribution in [0.3, 0.4) is 0 Å². The van der Waals surface area contributed by atoms with Crippen LogP contribution in [-0.4, -0.2) is 23.5 Å². The van der Waals surface area contributed by atoms with Crippen LogP contribution in [-0.2, 0) is 4.79 Å². The number of thioether (sulfide) groups is 1. The number of hydrogen-bond acceptors (Lipinski definition) is 3. The Morgan fingerprint density at radius 1 is 1.28 bits per heavy atom. The van der Waals surface area contributed by atoms with Crippen molar-refractivity contribution in [2.24, 2.45) is 0 Å². The van der Waals surface area contributed by atoms with Crippen molar-refractivity contribution in [3.05, 3.63) is 29.8 Å². The number of rotatable bonds is 6. The van der Waals surface area contributed by atoms with Gasteiger partial charge in [0.05, 0.1) is 5.75 Å². The minimum atomic E-state index is 0.0937. The number of amides is 1. The summed E-state index contributed by atoms with van der Waals surface area (Å²) in [6, 6.07) is 7.87. The third-order valence-electron chi connectivity index (χ3n) is 2.81. The molecule has 1 aliphatic carbocycles. The van der Waals surface area contributed by atoms with E-state index in [0.29, 0.717) is 18.2 Å². The van der Waals surface area contributed by atoms with Crippen LogP contribution in [0.2, 0.25) is 0 Å². The van der Waals surface area contributed by atoms with Gasteiger partial charge in [-0.25, -0.2) is 0 Å². The molecule has 0 radical (unpaired) electrons. The lowest BCUT2D eigenvalue weighted by Gasteiger charge is -2.04. The minimum Gasteiger partial charge on any atom is -0.353 e. The van der Waals surface area contributed by atoms with Crippen LogP contribution in [0.4, 0.5) is 0 Å². The molecule has 0 heterocycles. The molecule has 1 saturated carbocycles. The molecule has 1 aromatic carbocycles. The number of Topliss-reactive ketones (excluding diaryl/α,β-unsaturated/α-hetero) is 1. The molecule has 0 bridgehead atoms. The van der Waals surface area contributed by atoms with Crippen LogP contribution in [0, 0.1) is 0 Å². The molecule has 1 amide bonds. The van der Waals surface area contributed by atoms with E-state index in [1.54, 1.807) is 0 Å². The monoisotopic (exact) mass is 263 g/mol. The van der Waals surface area contributed by atoms with Crippen molar-refractivity contribution < 1.29 is 9.59 Å². The van der Waals surface area contributed by atoms with Gasteiger partial charge in [0, 0.05) is 22.9 Å². The average molecular weight is 263 g/mol. The number of carbonyl (C=O) groups is 2. The molecule has 0 saturated heterocycles. The van der Waals surface area contributed by atoms with Gasteiger partial charge in [0.2, 0.25) is 5.91 Å². The summed E-state index contributed by atoms with van der Waals surface area (Å²) in [4.78, 5) is 24.0. The van der Waals surface area contributed by atoms with Gasteiger partial charge in [0.1, 0.15) is 0 Å². The fourth-order valence-corrected chi connectivity index (χ4v) is 2.30. The predicted octanol–water partition coefficient (Wildman–Crippen LogP) is 2.65. The molecule has 1 aromatic rings. The number of hydrogen-bond donors (Lipinski definition) is 1. The zero-order valence-electron chi connectivity index (χ0n) is 10.4. The van der Waals surface area contributed by atoms with Gasteiger partial charge in [-0.05, 0) is 25.0 Å². The van der Waals surface area contributed by atoms with E-state index in [2.05, 4.69) is 5.32 Å². The second kappa shape index (κ2) is 6.05. The lowest BCUT2D eigenvalue weighted by Crippen LogP contribution is -2.26. The summed E-state index contributed by atoms with van der Waals surface area (Å²) in [7, 11) is 0. The Balaban J connectivity index is 1.81. The summed E-state index contributed by atoms with van der Waals surface area (Å²) in [6.07, 6.45) is 2.75. The van der Waals surface area contributed by atoms with Crippen LogP contribution in [0.1, 0.15) is 36.5 Å². The van der Waals surface area contributed by atoms with Gasteiger partial charge in [0.25, 0.3) is 0 Å². The van der Waals surface area contributed by atoms with Crippen LogP contribution >= 0.6 is 11.8 Å². The summed E-state index contributed by atoms with van der Waals surface area (Å²) >= 11 is 1.50. The van der Waals surface area contributed by atoms with Crippen molar-refractivity contribution in [2.45, 2.75) is 37.1 Å². The maximum atomic E-state index is 11.5. The Morgan fingerprint density at radius 2 is 1.94 bits per heavy atom. The van der Waals surface area contributed by atoms with E-state index in [1.165, 1.54) is 11.8 Å². The summed E-state index contributed by atoms with van der Waals surface area (Å²) in [6.45, 7) is 1.85. The topological polar surface area (TPSA) is 46.2 Å². The van der Waals surface area contributed by atoms with Crippen LogP contribution in [0.25, 0.3) is 0 Å². The lowest BCUT2D eigenvalue weighted by molar-refractivity contribution is -0.118. The highest BCUT2D eigenvalue weighted by atomic mass is 32.2. The fourth-order valence-electron chi connectivity index (χ4n) is 1.59. The molecule has 1 N–H and O–H groups in total. The molecule has 0 aromatic heterocycles. The van der Waals surface area contributed by atoms with Gasteiger partial charge in [0.15, 0.2) is 5.78 Å². The first kappa shape index (κ1) is 13.1. The lowest BCUT2D eigenvalue weighted by atomic mass is 10.1. The van der Waals surface area contributed by atoms with Crippen molar-refractivity contribution in [1.82, 2.24) is 5.32 Å². The molecule has 96 valence electrons. The highest BCUT2D eigenvalue weighted by Crippen LogP contribution is 2.21. The predicted molar refractivity (Wildman–Crippen MR) is 73.0 cm³/mol. The number of carbonyl (C=O) groups excluding carboxylic acids is 2. The van der Waals surface area contributed by atoms with Crippen molar-refractivity contribution in [1.29, 1.82) is 0 Å². The molecule has 2 rings (SSSR count). The van der Waals surface area contributed by atoms with Crippen LogP contribution in [0.5, 0.6) is 0 Å². The number of ketones is 1. The Kier molecular flexibility index (Phi) is 4.42. The van der Waals surface area contributed by atoms with E-state index in [4.69, 9.17) is 0 Å². The molecular formula is C14H17NO2S. The molecule has 1 fully saturated rings. The van der Waals surface area contributed by atoms with Crippen molar-refractivity contribution in [3.8, 4) is 0 Å².